The Hall–Kier alpha value is -3.26. The second kappa shape index (κ2) is 7.32. The van der Waals surface area contributed by atoms with Crippen LogP contribution in [0.5, 0.6) is 0 Å². The number of hydrogen-bond donors (Lipinski definition) is 0. The minimum Gasteiger partial charge on any atom is -0.296 e. The first-order valence-electron chi connectivity index (χ1n) is 8.82. The van der Waals surface area contributed by atoms with Gasteiger partial charge in [-0.15, -0.1) is 0 Å². The standard InChI is InChI=1S/C24H19NO/c26-17-21-16-22(20-9-5-2-6-10-20)23-15-19(13-14-24(23)25-21)12-11-18-7-3-1-4-8-18/h1-10,13-17H,11-12H2. The molecule has 0 radical (unpaired) electrons. The van der Waals surface area contributed by atoms with Crippen LogP contribution in [0.1, 0.15) is 21.6 Å². The number of pyridine rings is 1. The van der Waals surface area contributed by atoms with Gasteiger partial charge < -0.3 is 0 Å². The highest BCUT2D eigenvalue weighted by Crippen LogP contribution is 2.29. The summed E-state index contributed by atoms with van der Waals surface area (Å²) in [7, 11) is 0. The summed E-state index contributed by atoms with van der Waals surface area (Å²) in [5.41, 5.74) is 6.09. The van der Waals surface area contributed by atoms with Gasteiger partial charge in [0.25, 0.3) is 0 Å². The zero-order valence-corrected chi connectivity index (χ0v) is 14.4. The predicted molar refractivity (Wildman–Crippen MR) is 106 cm³/mol. The summed E-state index contributed by atoms with van der Waals surface area (Å²) in [6.07, 6.45) is 2.80. The van der Waals surface area contributed by atoms with Crippen LogP contribution in [-0.4, -0.2) is 11.3 Å². The smallest absolute Gasteiger partial charge is 0.168 e. The van der Waals surface area contributed by atoms with E-state index in [9.17, 15) is 4.79 Å². The average Bonchev–Trinajstić information content (AvgIpc) is 2.72. The van der Waals surface area contributed by atoms with Gasteiger partial charge in [0, 0.05) is 5.39 Å². The topological polar surface area (TPSA) is 30.0 Å². The van der Waals surface area contributed by atoms with Crippen LogP contribution in [-0.2, 0) is 12.8 Å². The highest BCUT2D eigenvalue weighted by atomic mass is 16.1. The van der Waals surface area contributed by atoms with Crippen LogP contribution < -0.4 is 0 Å². The van der Waals surface area contributed by atoms with Crippen LogP contribution >= 0.6 is 0 Å². The average molecular weight is 337 g/mol. The van der Waals surface area contributed by atoms with Crippen molar-refractivity contribution in [3.63, 3.8) is 0 Å². The van der Waals surface area contributed by atoms with Gasteiger partial charge >= 0.3 is 0 Å². The molecular formula is C24H19NO. The van der Waals surface area contributed by atoms with E-state index in [1.807, 2.05) is 36.4 Å². The Balaban J connectivity index is 1.75. The molecule has 2 nitrogen and oxygen atoms in total. The van der Waals surface area contributed by atoms with Gasteiger partial charge in [0.1, 0.15) is 5.69 Å². The summed E-state index contributed by atoms with van der Waals surface area (Å²) in [6, 6.07) is 28.9. The molecule has 4 rings (SSSR count). The summed E-state index contributed by atoms with van der Waals surface area (Å²) < 4.78 is 0. The van der Waals surface area contributed by atoms with Gasteiger partial charge in [0.05, 0.1) is 5.52 Å². The highest BCUT2D eigenvalue weighted by molar-refractivity contribution is 5.97. The summed E-state index contributed by atoms with van der Waals surface area (Å²) in [6.45, 7) is 0. The van der Waals surface area contributed by atoms with Crippen molar-refractivity contribution in [1.29, 1.82) is 0 Å². The Morgan fingerprint density at radius 2 is 1.42 bits per heavy atom. The minimum absolute atomic E-state index is 0.466. The van der Waals surface area contributed by atoms with Crippen LogP contribution in [0, 0.1) is 0 Å². The number of benzene rings is 3. The largest absolute Gasteiger partial charge is 0.296 e. The lowest BCUT2D eigenvalue weighted by Crippen LogP contribution is -1.95. The molecule has 0 N–H and O–H groups in total. The van der Waals surface area contributed by atoms with E-state index in [2.05, 4.69) is 53.5 Å². The van der Waals surface area contributed by atoms with E-state index in [4.69, 9.17) is 0 Å². The molecule has 0 aliphatic rings. The SMILES string of the molecule is O=Cc1cc(-c2ccccc2)c2cc(CCc3ccccc3)ccc2n1. The van der Waals surface area contributed by atoms with Crippen molar-refractivity contribution in [2.24, 2.45) is 0 Å². The fourth-order valence-electron chi connectivity index (χ4n) is 3.30. The third-order valence-electron chi connectivity index (χ3n) is 4.64. The zero-order valence-electron chi connectivity index (χ0n) is 14.4. The highest BCUT2D eigenvalue weighted by Gasteiger charge is 2.09. The molecule has 1 aromatic heterocycles. The number of carbonyl (C=O) groups is 1. The first-order valence-corrected chi connectivity index (χ1v) is 8.82. The summed E-state index contributed by atoms with van der Waals surface area (Å²) >= 11 is 0. The molecule has 0 atom stereocenters. The summed E-state index contributed by atoms with van der Waals surface area (Å²) in [4.78, 5) is 15.8. The Kier molecular flexibility index (Phi) is 4.57. The van der Waals surface area contributed by atoms with E-state index < -0.39 is 0 Å². The third-order valence-corrected chi connectivity index (χ3v) is 4.64. The first-order chi connectivity index (χ1) is 12.8. The van der Waals surface area contributed by atoms with Crippen molar-refractivity contribution in [2.45, 2.75) is 12.8 Å². The molecule has 3 aromatic carbocycles. The molecule has 26 heavy (non-hydrogen) atoms. The third kappa shape index (κ3) is 3.40. The van der Waals surface area contributed by atoms with Gasteiger partial charge in [0.2, 0.25) is 0 Å². The molecule has 0 saturated carbocycles. The molecule has 0 amide bonds. The Morgan fingerprint density at radius 3 is 2.15 bits per heavy atom. The van der Waals surface area contributed by atoms with Gasteiger partial charge in [0.15, 0.2) is 6.29 Å². The number of aryl methyl sites for hydroxylation is 2. The van der Waals surface area contributed by atoms with Gasteiger partial charge in [-0.05, 0) is 53.3 Å². The lowest BCUT2D eigenvalue weighted by molar-refractivity contribution is 0.111. The molecule has 0 fully saturated rings. The second-order valence-electron chi connectivity index (χ2n) is 6.42. The van der Waals surface area contributed by atoms with E-state index in [0.29, 0.717) is 5.69 Å². The molecule has 1 heterocycles. The Labute approximate surface area is 153 Å². The fourth-order valence-corrected chi connectivity index (χ4v) is 3.30. The van der Waals surface area contributed by atoms with Crippen molar-refractivity contribution >= 4 is 17.2 Å². The fraction of sp³-hybridized carbons (Fsp3) is 0.0833. The first kappa shape index (κ1) is 16.2. The number of aromatic nitrogens is 1. The Bertz CT molecular complexity index is 1040. The van der Waals surface area contributed by atoms with Crippen LogP contribution in [0.15, 0.2) is 84.9 Å². The monoisotopic (exact) mass is 337 g/mol. The van der Waals surface area contributed by atoms with Crippen LogP contribution in [0.25, 0.3) is 22.0 Å². The predicted octanol–water partition coefficient (Wildman–Crippen LogP) is 5.50. The number of fused-ring (bicyclic) bond motifs is 1. The van der Waals surface area contributed by atoms with Crippen LogP contribution in [0.4, 0.5) is 0 Å². The number of carbonyl (C=O) groups excluding carboxylic acids is 1. The van der Waals surface area contributed by atoms with Gasteiger partial charge in [-0.25, -0.2) is 4.98 Å². The van der Waals surface area contributed by atoms with Crippen molar-refractivity contribution in [2.75, 3.05) is 0 Å². The van der Waals surface area contributed by atoms with Gasteiger partial charge in [-0.2, -0.15) is 0 Å². The quantitative estimate of drug-likeness (QED) is 0.450. The van der Waals surface area contributed by atoms with Crippen LogP contribution in [0.3, 0.4) is 0 Å². The zero-order chi connectivity index (χ0) is 17.8. The van der Waals surface area contributed by atoms with Crippen molar-refractivity contribution in [1.82, 2.24) is 4.98 Å². The van der Waals surface area contributed by atoms with Gasteiger partial charge in [-0.1, -0.05) is 66.7 Å². The maximum absolute atomic E-state index is 11.3. The number of aldehydes is 1. The molecule has 0 aliphatic heterocycles. The minimum atomic E-state index is 0.466. The normalized spacial score (nSPS) is 10.8. The summed E-state index contributed by atoms with van der Waals surface area (Å²) in [5.74, 6) is 0. The Morgan fingerprint density at radius 1 is 0.731 bits per heavy atom. The molecule has 4 aromatic rings. The van der Waals surface area contributed by atoms with Crippen LogP contribution in [0.2, 0.25) is 0 Å². The lowest BCUT2D eigenvalue weighted by atomic mass is 9.97. The van der Waals surface area contributed by atoms with Crippen molar-refractivity contribution in [3.05, 3.63) is 102 Å². The molecule has 0 spiro atoms. The lowest BCUT2D eigenvalue weighted by Gasteiger charge is -2.10. The van der Waals surface area contributed by atoms with Crippen molar-refractivity contribution < 1.29 is 4.79 Å². The van der Waals surface area contributed by atoms with E-state index in [1.54, 1.807) is 0 Å². The van der Waals surface area contributed by atoms with Crippen molar-refractivity contribution in [3.8, 4) is 11.1 Å². The summed E-state index contributed by atoms with van der Waals surface area (Å²) in [5, 5.41) is 1.09. The molecule has 0 aliphatic carbocycles. The van der Waals surface area contributed by atoms with E-state index in [1.165, 1.54) is 11.1 Å². The number of rotatable bonds is 5. The second-order valence-corrected chi connectivity index (χ2v) is 6.42. The van der Waals surface area contributed by atoms with E-state index >= 15 is 0 Å². The molecule has 2 heteroatoms. The molecule has 0 saturated heterocycles. The maximum Gasteiger partial charge on any atom is 0.168 e. The van der Waals surface area contributed by atoms with Gasteiger partial charge in [-0.3, -0.25) is 4.79 Å². The van der Waals surface area contributed by atoms with E-state index in [0.717, 1.165) is 41.2 Å². The number of nitrogens with zero attached hydrogens (tertiary/aromatic N) is 1. The number of hydrogen-bond acceptors (Lipinski definition) is 2. The molecule has 0 bridgehead atoms. The molecular weight excluding hydrogens is 318 g/mol. The molecule has 126 valence electrons. The van der Waals surface area contributed by atoms with E-state index in [-0.39, 0.29) is 0 Å². The molecule has 0 unspecified atom stereocenters. The maximum atomic E-state index is 11.3.